The molecule has 0 heterocycles. The Hall–Kier alpha value is -1.07. The summed E-state index contributed by atoms with van der Waals surface area (Å²) in [4.78, 5) is 0.310. The quantitative estimate of drug-likeness (QED) is 0.800. The molecular weight excluding hydrogens is 224 g/mol. The van der Waals surface area contributed by atoms with E-state index in [1.54, 1.807) is 25.1 Å². The number of para-hydroxylation sites is 1. The van der Waals surface area contributed by atoms with E-state index in [4.69, 9.17) is 0 Å². The highest BCUT2D eigenvalue weighted by Crippen LogP contribution is 2.20. The van der Waals surface area contributed by atoms with E-state index in [9.17, 15) is 8.42 Å². The predicted octanol–water partition coefficient (Wildman–Crippen LogP) is 1.81. The molecule has 2 N–H and O–H groups in total. The highest BCUT2D eigenvalue weighted by molar-refractivity contribution is 7.89. The molecule has 1 aromatic rings. The van der Waals surface area contributed by atoms with Gasteiger partial charge in [0.25, 0.3) is 0 Å². The van der Waals surface area contributed by atoms with E-state index < -0.39 is 10.0 Å². The minimum atomic E-state index is -3.38. The summed E-state index contributed by atoms with van der Waals surface area (Å²) in [5.41, 5.74) is 0.658. The minimum Gasteiger partial charge on any atom is -0.384 e. The fraction of sp³-hybridized carbons (Fsp3) is 0.455. The second-order valence-electron chi connectivity index (χ2n) is 3.42. The Balaban J connectivity index is 3.03. The second-order valence-corrected chi connectivity index (χ2v) is 5.16. The molecule has 0 atom stereocenters. The smallest absolute Gasteiger partial charge is 0.242 e. The Kier molecular flexibility index (Phi) is 4.76. The summed E-state index contributed by atoms with van der Waals surface area (Å²) < 4.78 is 26.2. The van der Waals surface area contributed by atoms with Crippen LogP contribution in [-0.4, -0.2) is 21.5 Å². The van der Waals surface area contributed by atoms with Crippen LogP contribution in [0.1, 0.15) is 20.3 Å². The first-order valence-corrected chi connectivity index (χ1v) is 6.92. The highest BCUT2D eigenvalue weighted by atomic mass is 32.2. The van der Waals surface area contributed by atoms with Gasteiger partial charge in [-0.25, -0.2) is 13.1 Å². The lowest BCUT2D eigenvalue weighted by molar-refractivity contribution is 0.584. The Morgan fingerprint density at radius 3 is 2.50 bits per heavy atom. The Labute approximate surface area is 97.1 Å². The predicted molar refractivity (Wildman–Crippen MR) is 66.1 cm³/mol. The lowest BCUT2D eigenvalue weighted by Crippen LogP contribution is -2.24. The van der Waals surface area contributed by atoms with Crippen molar-refractivity contribution in [2.45, 2.75) is 25.2 Å². The molecule has 0 spiro atoms. The Morgan fingerprint density at radius 1 is 1.19 bits per heavy atom. The molecule has 16 heavy (non-hydrogen) atoms. The van der Waals surface area contributed by atoms with Gasteiger partial charge in [0.05, 0.1) is 5.69 Å². The van der Waals surface area contributed by atoms with Crippen LogP contribution in [-0.2, 0) is 10.0 Å². The summed E-state index contributed by atoms with van der Waals surface area (Å²) >= 11 is 0. The number of rotatable bonds is 6. The van der Waals surface area contributed by atoms with Gasteiger partial charge in [0.1, 0.15) is 4.90 Å². The molecular formula is C11H18N2O2S. The maximum absolute atomic E-state index is 11.9. The first-order valence-electron chi connectivity index (χ1n) is 5.44. The molecule has 0 saturated carbocycles. The van der Waals surface area contributed by atoms with Gasteiger partial charge in [0.15, 0.2) is 0 Å². The number of nitrogens with one attached hydrogen (secondary N) is 2. The molecule has 5 heteroatoms. The van der Waals surface area contributed by atoms with E-state index >= 15 is 0 Å². The van der Waals surface area contributed by atoms with Crippen molar-refractivity contribution in [3.05, 3.63) is 24.3 Å². The van der Waals surface area contributed by atoms with Crippen LogP contribution in [0.2, 0.25) is 0 Å². The van der Waals surface area contributed by atoms with Crippen molar-refractivity contribution < 1.29 is 8.42 Å². The van der Waals surface area contributed by atoms with Gasteiger partial charge in [-0.2, -0.15) is 0 Å². The van der Waals surface area contributed by atoms with Crippen LogP contribution in [0.4, 0.5) is 5.69 Å². The van der Waals surface area contributed by atoms with Crippen molar-refractivity contribution in [2.75, 3.05) is 18.4 Å². The van der Waals surface area contributed by atoms with E-state index in [-0.39, 0.29) is 0 Å². The normalized spacial score (nSPS) is 11.4. The van der Waals surface area contributed by atoms with Gasteiger partial charge in [-0.1, -0.05) is 26.0 Å². The molecule has 0 aliphatic rings. The molecule has 0 bridgehead atoms. The van der Waals surface area contributed by atoms with Gasteiger partial charge in [-0.3, -0.25) is 0 Å². The maximum atomic E-state index is 11.9. The molecule has 0 aliphatic carbocycles. The Bertz CT molecular complexity index is 429. The molecule has 0 fully saturated rings. The second kappa shape index (κ2) is 5.86. The molecule has 0 unspecified atom stereocenters. The summed E-state index contributed by atoms with van der Waals surface area (Å²) in [5, 5.41) is 3.11. The molecule has 0 saturated heterocycles. The van der Waals surface area contributed by atoms with Gasteiger partial charge in [-0.05, 0) is 18.6 Å². The molecule has 1 rings (SSSR count). The van der Waals surface area contributed by atoms with Gasteiger partial charge in [-0.15, -0.1) is 0 Å². The van der Waals surface area contributed by atoms with Gasteiger partial charge >= 0.3 is 0 Å². The lowest BCUT2D eigenvalue weighted by Gasteiger charge is -2.11. The van der Waals surface area contributed by atoms with Crippen molar-refractivity contribution in [2.24, 2.45) is 0 Å². The van der Waals surface area contributed by atoms with Crippen LogP contribution >= 0.6 is 0 Å². The molecule has 0 radical (unpaired) electrons. The zero-order valence-electron chi connectivity index (χ0n) is 9.66. The van der Waals surface area contributed by atoms with Crippen molar-refractivity contribution in [1.82, 2.24) is 4.72 Å². The van der Waals surface area contributed by atoms with Gasteiger partial charge in [0.2, 0.25) is 10.0 Å². The topological polar surface area (TPSA) is 58.2 Å². The van der Waals surface area contributed by atoms with Crippen molar-refractivity contribution in [3.8, 4) is 0 Å². The summed E-state index contributed by atoms with van der Waals surface area (Å²) in [6.07, 6.45) is 0.954. The monoisotopic (exact) mass is 242 g/mol. The summed E-state index contributed by atoms with van der Waals surface area (Å²) in [7, 11) is -3.38. The average molecular weight is 242 g/mol. The van der Waals surface area contributed by atoms with Crippen LogP contribution in [0.25, 0.3) is 0 Å². The fourth-order valence-electron chi connectivity index (χ4n) is 1.37. The molecule has 0 aromatic heterocycles. The Morgan fingerprint density at radius 2 is 1.88 bits per heavy atom. The zero-order chi connectivity index (χ0) is 12.0. The first kappa shape index (κ1) is 13.0. The molecule has 0 amide bonds. The average Bonchev–Trinajstić information content (AvgIpc) is 2.26. The number of anilines is 1. The van der Waals surface area contributed by atoms with Gasteiger partial charge in [0, 0.05) is 13.1 Å². The van der Waals surface area contributed by atoms with E-state index in [1.807, 2.05) is 13.0 Å². The molecule has 1 aromatic carbocycles. The van der Waals surface area contributed by atoms with Crippen LogP contribution in [0, 0.1) is 0 Å². The number of hydrogen-bond donors (Lipinski definition) is 2. The molecule has 90 valence electrons. The number of benzene rings is 1. The highest BCUT2D eigenvalue weighted by Gasteiger charge is 2.16. The van der Waals surface area contributed by atoms with E-state index in [0.717, 1.165) is 13.0 Å². The third-order valence-corrected chi connectivity index (χ3v) is 3.68. The van der Waals surface area contributed by atoms with Crippen LogP contribution < -0.4 is 10.0 Å². The summed E-state index contributed by atoms with van der Waals surface area (Å²) in [5.74, 6) is 0. The molecule has 4 nitrogen and oxygen atoms in total. The van der Waals surface area contributed by atoms with E-state index in [2.05, 4.69) is 10.0 Å². The summed E-state index contributed by atoms with van der Waals surface area (Å²) in [6, 6.07) is 6.93. The maximum Gasteiger partial charge on any atom is 0.242 e. The van der Waals surface area contributed by atoms with Crippen LogP contribution in [0.15, 0.2) is 29.2 Å². The number of hydrogen-bond acceptors (Lipinski definition) is 3. The van der Waals surface area contributed by atoms with Crippen LogP contribution in [0.3, 0.4) is 0 Å². The SMILES string of the molecule is CCCNc1ccccc1S(=O)(=O)NCC. The van der Waals surface area contributed by atoms with Gasteiger partial charge < -0.3 is 5.32 Å². The minimum absolute atomic E-state index is 0.310. The first-order chi connectivity index (χ1) is 7.61. The van der Waals surface area contributed by atoms with E-state index in [0.29, 0.717) is 17.1 Å². The summed E-state index contributed by atoms with van der Waals surface area (Å²) in [6.45, 7) is 4.96. The fourth-order valence-corrected chi connectivity index (χ4v) is 2.60. The largest absolute Gasteiger partial charge is 0.384 e. The zero-order valence-corrected chi connectivity index (χ0v) is 10.5. The van der Waals surface area contributed by atoms with E-state index in [1.165, 1.54) is 0 Å². The third kappa shape index (κ3) is 3.21. The van der Waals surface area contributed by atoms with Crippen molar-refractivity contribution >= 4 is 15.7 Å². The lowest BCUT2D eigenvalue weighted by atomic mass is 10.3. The van der Waals surface area contributed by atoms with Crippen molar-refractivity contribution in [3.63, 3.8) is 0 Å². The van der Waals surface area contributed by atoms with Crippen LogP contribution in [0.5, 0.6) is 0 Å². The third-order valence-electron chi connectivity index (χ3n) is 2.08. The number of sulfonamides is 1. The molecule has 0 aliphatic heterocycles. The standard InChI is InChI=1S/C11H18N2O2S/c1-3-9-12-10-7-5-6-8-11(10)16(14,15)13-4-2/h5-8,12-13H,3-4,9H2,1-2H3. The van der Waals surface area contributed by atoms with Crippen molar-refractivity contribution in [1.29, 1.82) is 0 Å².